The number of benzene rings is 1. The van der Waals surface area contributed by atoms with Crippen LogP contribution >= 0.6 is 0 Å². The Balaban J connectivity index is 2.19. The number of ether oxygens (including phenoxy) is 1. The first kappa shape index (κ1) is 14.3. The Labute approximate surface area is 114 Å². The van der Waals surface area contributed by atoms with Crippen LogP contribution in [0.2, 0.25) is 0 Å². The summed E-state index contributed by atoms with van der Waals surface area (Å²) in [5.74, 6) is 0. The van der Waals surface area contributed by atoms with Crippen LogP contribution in [-0.4, -0.2) is 26.9 Å². The Morgan fingerprint density at radius 2 is 2.05 bits per heavy atom. The number of rotatable bonds is 4. The molecule has 1 aliphatic rings. The maximum Gasteiger partial charge on any atom is 0.235 e. The maximum absolute atomic E-state index is 12.3. The summed E-state index contributed by atoms with van der Waals surface area (Å²) in [6.45, 7) is 3.29. The minimum atomic E-state index is -3.35. The van der Waals surface area contributed by atoms with E-state index in [9.17, 15) is 8.42 Å². The molecule has 1 saturated heterocycles. The molecule has 0 aromatic heterocycles. The van der Waals surface area contributed by atoms with Gasteiger partial charge in [0.15, 0.2) is 0 Å². The monoisotopic (exact) mass is 284 g/mol. The van der Waals surface area contributed by atoms with E-state index in [4.69, 9.17) is 10.5 Å². The molecule has 0 radical (unpaired) electrons. The van der Waals surface area contributed by atoms with E-state index < -0.39 is 10.0 Å². The zero-order valence-corrected chi connectivity index (χ0v) is 11.9. The molecule has 0 spiro atoms. The Morgan fingerprint density at radius 1 is 1.37 bits per heavy atom. The molecular formula is C13H20N2O3S. The van der Waals surface area contributed by atoms with Crippen molar-refractivity contribution in [3.05, 3.63) is 29.3 Å². The normalized spacial score (nSPS) is 17.4. The number of nitrogens with one attached hydrogen (secondary N) is 1. The van der Waals surface area contributed by atoms with Crippen molar-refractivity contribution in [2.75, 3.05) is 17.9 Å². The first-order chi connectivity index (χ1) is 9.03. The van der Waals surface area contributed by atoms with Gasteiger partial charge in [-0.1, -0.05) is 12.1 Å². The molecule has 0 unspecified atom stereocenters. The van der Waals surface area contributed by atoms with Gasteiger partial charge in [-0.15, -0.1) is 0 Å². The van der Waals surface area contributed by atoms with Gasteiger partial charge in [0.05, 0.1) is 10.9 Å². The topological polar surface area (TPSA) is 81.4 Å². The van der Waals surface area contributed by atoms with Crippen LogP contribution < -0.4 is 10.5 Å². The molecule has 19 heavy (non-hydrogen) atoms. The summed E-state index contributed by atoms with van der Waals surface area (Å²) < 4.78 is 32.5. The van der Waals surface area contributed by atoms with Gasteiger partial charge in [0.1, 0.15) is 0 Å². The third-order valence-corrected chi connectivity index (χ3v) is 5.25. The summed E-state index contributed by atoms with van der Waals surface area (Å²) in [5.41, 5.74) is 8.01. The molecular weight excluding hydrogens is 264 g/mol. The SMILES string of the molecule is Cc1ccc(CN)cc1NS(=O)(=O)C1CCOCC1. The second-order valence-electron chi connectivity index (χ2n) is 4.81. The van der Waals surface area contributed by atoms with Gasteiger partial charge in [0, 0.05) is 19.8 Å². The van der Waals surface area contributed by atoms with Crippen LogP contribution in [0.4, 0.5) is 5.69 Å². The predicted molar refractivity (Wildman–Crippen MR) is 75.5 cm³/mol. The van der Waals surface area contributed by atoms with E-state index in [0.717, 1.165) is 11.1 Å². The zero-order valence-electron chi connectivity index (χ0n) is 11.1. The fourth-order valence-corrected chi connectivity index (χ4v) is 3.64. The molecule has 0 saturated carbocycles. The minimum Gasteiger partial charge on any atom is -0.381 e. The number of nitrogens with two attached hydrogens (primary N) is 1. The molecule has 106 valence electrons. The number of hydrogen-bond donors (Lipinski definition) is 2. The van der Waals surface area contributed by atoms with Crippen molar-refractivity contribution in [2.45, 2.75) is 31.6 Å². The van der Waals surface area contributed by atoms with Crippen LogP contribution in [-0.2, 0) is 21.3 Å². The van der Waals surface area contributed by atoms with Crippen LogP contribution in [0.1, 0.15) is 24.0 Å². The first-order valence-corrected chi connectivity index (χ1v) is 7.96. The van der Waals surface area contributed by atoms with Crippen molar-refractivity contribution in [1.29, 1.82) is 0 Å². The standard InChI is InChI=1S/C13H20N2O3S/c1-10-2-3-11(9-14)8-13(10)15-19(16,17)12-4-6-18-7-5-12/h2-3,8,12,15H,4-7,9,14H2,1H3. The van der Waals surface area contributed by atoms with Gasteiger partial charge in [-0.3, -0.25) is 4.72 Å². The molecule has 1 fully saturated rings. The van der Waals surface area contributed by atoms with Crippen molar-refractivity contribution >= 4 is 15.7 Å². The molecule has 0 bridgehead atoms. The largest absolute Gasteiger partial charge is 0.381 e. The fraction of sp³-hybridized carbons (Fsp3) is 0.538. The van der Waals surface area contributed by atoms with Gasteiger partial charge < -0.3 is 10.5 Å². The molecule has 2 rings (SSSR count). The zero-order chi connectivity index (χ0) is 13.9. The summed E-state index contributed by atoms with van der Waals surface area (Å²) >= 11 is 0. The molecule has 1 aromatic rings. The summed E-state index contributed by atoms with van der Waals surface area (Å²) in [5, 5.41) is -0.373. The highest BCUT2D eigenvalue weighted by Gasteiger charge is 2.27. The van der Waals surface area contributed by atoms with Gasteiger partial charge in [0.2, 0.25) is 10.0 Å². The second kappa shape index (κ2) is 5.90. The highest BCUT2D eigenvalue weighted by Crippen LogP contribution is 2.22. The van der Waals surface area contributed by atoms with Gasteiger partial charge in [-0.25, -0.2) is 8.42 Å². The molecule has 1 aromatic carbocycles. The summed E-state index contributed by atoms with van der Waals surface area (Å²) in [6, 6.07) is 5.58. The second-order valence-corrected chi connectivity index (χ2v) is 6.77. The van der Waals surface area contributed by atoms with Crippen molar-refractivity contribution in [1.82, 2.24) is 0 Å². The van der Waals surface area contributed by atoms with Crippen molar-refractivity contribution in [3.8, 4) is 0 Å². The van der Waals surface area contributed by atoms with Gasteiger partial charge >= 0.3 is 0 Å². The van der Waals surface area contributed by atoms with Gasteiger partial charge in [-0.05, 0) is 37.0 Å². The Hall–Kier alpha value is -1.11. The van der Waals surface area contributed by atoms with Crippen LogP contribution in [0.25, 0.3) is 0 Å². The highest BCUT2D eigenvalue weighted by molar-refractivity contribution is 7.93. The first-order valence-electron chi connectivity index (χ1n) is 6.42. The lowest BCUT2D eigenvalue weighted by atomic mass is 10.1. The summed E-state index contributed by atoms with van der Waals surface area (Å²) in [6.07, 6.45) is 1.09. The third-order valence-electron chi connectivity index (χ3n) is 3.40. The van der Waals surface area contributed by atoms with Gasteiger partial charge in [0.25, 0.3) is 0 Å². The molecule has 3 N–H and O–H groups in total. The lowest BCUT2D eigenvalue weighted by Gasteiger charge is -2.23. The van der Waals surface area contributed by atoms with Gasteiger partial charge in [-0.2, -0.15) is 0 Å². The van der Waals surface area contributed by atoms with E-state index in [1.807, 2.05) is 19.1 Å². The average molecular weight is 284 g/mol. The van der Waals surface area contributed by atoms with Crippen LogP contribution in [0.5, 0.6) is 0 Å². The number of anilines is 1. The van der Waals surface area contributed by atoms with E-state index in [1.165, 1.54) is 0 Å². The Bertz CT molecular complexity index is 537. The minimum absolute atomic E-state index is 0.373. The van der Waals surface area contributed by atoms with E-state index in [2.05, 4.69) is 4.72 Å². The Kier molecular flexibility index (Phi) is 4.44. The van der Waals surface area contributed by atoms with E-state index in [-0.39, 0.29) is 5.25 Å². The molecule has 1 aliphatic heterocycles. The smallest absolute Gasteiger partial charge is 0.235 e. The molecule has 0 amide bonds. The van der Waals surface area contributed by atoms with E-state index in [1.54, 1.807) is 6.07 Å². The Morgan fingerprint density at radius 3 is 2.68 bits per heavy atom. The summed E-state index contributed by atoms with van der Waals surface area (Å²) in [7, 11) is -3.35. The molecule has 0 aliphatic carbocycles. The average Bonchev–Trinajstić information content (AvgIpc) is 2.42. The lowest BCUT2D eigenvalue weighted by molar-refractivity contribution is 0.0984. The highest BCUT2D eigenvalue weighted by atomic mass is 32.2. The molecule has 1 heterocycles. The predicted octanol–water partition coefficient (Wildman–Crippen LogP) is 1.37. The fourth-order valence-electron chi connectivity index (χ4n) is 2.13. The van der Waals surface area contributed by atoms with Crippen LogP contribution in [0.3, 0.4) is 0 Å². The quantitative estimate of drug-likeness (QED) is 0.875. The molecule has 6 heteroatoms. The third kappa shape index (κ3) is 3.46. The number of aryl methyl sites for hydroxylation is 1. The van der Waals surface area contributed by atoms with Crippen molar-refractivity contribution < 1.29 is 13.2 Å². The number of hydrogen-bond acceptors (Lipinski definition) is 4. The van der Waals surface area contributed by atoms with Crippen molar-refractivity contribution in [2.24, 2.45) is 5.73 Å². The van der Waals surface area contributed by atoms with Crippen LogP contribution in [0, 0.1) is 6.92 Å². The number of sulfonamides is 1. The summed E-state index contributed by atoms with van der Waals surface area (Å²) in [4.78, 5) is 0. The van der Waals surface area contributed by atoms with Crippen molar-refractivity contribution in [3.63, 3.8) is 0 Å². The lowest BCUT2D eigenvalue weighted by Crippen LogP contribution is -2.33. The molecule has 0 atom stereocenters. The van der Waals surface area contributed by atoms with E-state index >= 15 is 0 Å². The molecule has 5 nitrogen and oxygen atoms in total. The van der Waals surface area contributed by atoms with E-state index in [0.29, 0.717) is 38.3 Å². The van der Waals surface area contributed by atoms with Crippen LogP contribution in [0.15, 0.2) is 18.2 Å². The maximum atomic E-state index is 12.3.